The lowest BCUT2D eigenvalue weighted by Gasteiger charge is -2.17. The molecule has 0 aromatic carbocycles. The Bertz CT molecular complexity index is 998. The molecule has 0 aliphatic rings. The molecule has 0 bridgehead atoms. The second kappa shape index (κ2) is 9.03. The summed E-state index contributed by atoms with van der Waals surface area (Å²) in [5.41, 5.74) is -0.381. The molecular weight excluding hydrogens is 447 g/mol. The number of thiophene rings is 1. The standard InChI is InChI=1S/C18H21ClF3N3O2S2/c1-5-25(6-2)29(26,27)16-8-7-15(28-16)13(11-24(3)4)17-14(19)9-12(10-23-17)18(20,21)22/h7-11H,5-6H2,1-4H3/b13-11+. The van der Waals surface area contributed by atoms with Crippen molar-refractivity contribution in [2.24, 2.45) is 0 Å². The summed E-state index contributed by atoms with van der Waals surface area (Å²) >= 11 is 7.13. The maximum atomic E-state index is 12.9. The average molecular weight is 468 g/mol. The highest BCUT2D eigenvalue weighted by Gasteiger charge is 2.32. The van der Waals surface area contributed by atoms with Crippen LogP contribution in [0.3, 0.4) is 0 Å². The molecule has 0 aliphatic carbocycles. The molecule has 0 N–H and O–H groups in total. The Balaban J connectivity index is 2.56. The number of alkyl halides is 3. The van der Waals surface area contributed by atoms with Crippen LogP contribution in [0.15, 0.2) is 34.8 Å². The molecule has 0 saturated heterocycles. The topological polar surface area (TPSA) is 53.5 Å². The SMILES string of the molecule is CCN(CC)S(=O)(=O)c1ccc(/C(=C\N(C)C)c2ncc(C(F)(F)F)cc2Cl)s1. The molecule has 2 heterocycles. The van der Waals surface area contributed by atoms with Crippen LogP contribution in [0.4, 0.5) is 13.2 Å². The summed E-state index contributed by atoms with van der Waals surface area (Å²) in [5.74, 6) is 0. The Labute approximate surface area is 177 Å². The summed E-state index contributed by atoms with van der Waals surface area (Å²) in [6, 6.07) is 3.90. The highest BCUT2D eigenvalue weighted by molar-refractivity contribution is 7.91. The lowest BCUT2D eigenvalue weighted by atomic mass is 10.1. The Morgan fingerprint density at radius 2 is 1.86 bits per heavy atom. The fourth-order valence-corrected chi connectivity index (χ4v) is 5.78. The fraction of sp³-hybridized carbons (Fsp3) is 0.389. The molecule has 0 saturated carbocycles. The van der Waals surface area contributed by atoms with Gasteiger partial charge < -0.3 is 4.90 Å². The van der Waals surface area contributed by atoms with Crippen molar-refractivity contribution in [3.05, 3.63) is 51.8 Å². The van der Waals surface area contributed by atoms with Gasteiger partial charge in [-0.2, -0.15) is 17.5 Å². The van der Waals surface area contributed by atoms with E-state index < -0.39 is 21.8 Å². The van der Waals surface area contributed by atoms with Crippen LogP contribution in [0.1, 0.15) is 30.0 Å². The molecule has 5 nitrogen and oxygen atoms in total. The second-order valence-corrected chi connectivity index (χ2v) is 9.92. The minimum atomic E-state index is -4.56. The van der Waals surface area contributed by atoms with Crippen LogP contribution in [0, 0.1) is 0 Å². The minimum absolute atomic E-state index is 0.141. The zero-order valence-corrected chi connectivity index (χ0v) is 18.7. The van der Waals surface area contributed by atoms with E-state index in [1.165, 1.54) is 10.4 Å². The maximum absolute atomic E-state index is 12.9. The van der Waals surface area contributed by atoms with E-state index in [0.717, 1.165) is 17.4 Å². The van der Waals surface area contributed by atoms with E-state index in [4.69, 9.17) is 11.6 Å². The smallest absolute Gasteiger partial charge is 0.383 e. The first kappa shape index (κ1) is 23.7. The van der Waals surface area contributed by atoms with Gasteiger partial charge in [-0.05, 0) is 18.2 Å². The normalized spacial score (nSPS) is 13.2. The van der Waals surface area contributed by atoms with Gasteiger partial charge >= 0.3 is 6.18 Å². The van der Waals surface area contributed by atoms with Crippen LogP contribution < -0.4 is 0 Å². The monoisotopic (exact) mass is 467 g/mol. The third-order valence-electron chi connectivity index (χ3n) is 3.96. The highest BCUT2D eigenvalue weighted by Crippen LogP contribution is 2.37. The van der Waals surface area contributed by atoms with E-state index in [9.17, 15) is 21.6 Å². The first-order chi connectivity index (χ1) is 13.4. The minimum Gasteiger partial charge on any atom is -0.383 e. The molecule has 2 aromatic heterocycles. The number of halogens is 4. The number of sulfonamides is 1. The van der Waals surface area contributed by atoms with Gasteiger partial charge in [0, 0.05) is 50.0 Å². The molecule has 0 unspecified atom stereocenters. The van der Waals surface area contributed by atoms with E-state index >= 15 is 0 Å². The van der Waals surface area contributed by atoms with Crippen LogP contribution in [-0.4, -0.2) is 49.8 Å². The molecule has 0 radical (unpaired) electrons. The summed E-state index contributed by atoms with van der Waals surface area (Å²) in [6.45, 7) is 4.16. The summed E-state index contributed by atoms with van der Waals surface area (Å²) in [6.07, 6.45) is -2.21. The van der Waals surface area contributed by atoms with E-state index in [2.05, 4.69) is 4.98 Å². The van der Waals surface area contributed by atoms with Crippen LogP contribution in [0.25, 0.3) is 5.57 Å². The molecule has 2 rings (SSSR count). The molecule has 160 valence electrons. The van der Waals surface area contributed by atoms with Gasteiger partial charge in [0.15, 0.2) is 0 Å². The predicted octanol–water partition coefficient (Wildman–Crippen LogP) is 4.80. The predicted molar refractivity (Wildman–Crippen MR) is 109 cm³/mol. The van der Waals surface area contributed by atoms with Gasteiger partial charge in [-0.1, -0.05) is 25.4 Å². The number of hydrogen-bond acceptors (Lipinski definition) is 5. The van der Waals surface area contributed by atoms with Crippen molar-refractivity contribution in [2.45, 2.75) is 24.2 Å². The van der Waals surface area contributed by atoms with Crippen molar-refractivity contribution < 1.29 is 21.6 Å². The van der Waals surface area contributed by atoms with E-state index in [1.54, 1.807) is 45.1 Å². The molecule has 0 amide bonds. The maximum Gasteiger partial charge on any atom is 0.417 e. The van der Waals surface area contributed by atoms with E-state index in [-0.39, 0.29) is 14.9 Å². The number of rotatable bonds is 7. The van der Waals surface area contributed by atoms with Crippen LogP contribution in [-0.2, 0) is 16.2 Å². The Kier molecular flexibility index (Phi) is 7.37. The van der Waals surface area contributed by atoms with Crippen LogP contribution in [0.5, 0.6) is 0 Å². The van der Waals surface area contributed by atoms with Gasteiger partial charge in [0.05, 0.1) is 16.3 Å². The Morgan fingerprint density at radius 1 is 1.24 bits per heavy atom. The van der Waals surface area contributed by atoms with Crippen molar-refractivity contribution in [1.82, 2.24) is 14.2 Å². The van der Waals surface area contributed by atoms with Crippen LogP contribution >= 0.6 is 22.9 Å². The Morgan fingerprint density at radius 3 is 2.34 bits per heavy atom. The highest BCUT2D eigenvalue weighted by atomic mass is 35.5. The third-order valence-corrected chi connectivity index (χ3v) is 7.88. The lowest BCUT2D eigenvalue weighted by Crippen LogP contribution is -2.29. The molecule has 0 spiro atoms. The number of hydrogen-bond donors (Lipinski definition) is 0. The van der Waals surface area contributed by atoms with Crippen molar-refractivity contribution in [2.75, 3.05) is 27.2 Å². The van der Waals surface area contributed by atoms with Crippen molar-refractivity contribution >= 4 is 38.5 Å². The molecular formula is C18H21ClF3N3O2S2. The van der Waals surface area contributed by atoms with Crippen molar-refractivity contribution in [1.29, 1.82) is 0 Å². The van der Waals surface area contributed by atoms with Crippen molar-refractivity contribution in [3.8, 4) is 0 Å². The van der Waals surface area contributed by atoms with Gasteiger partial charge in [0.25, 0.3) is 10.0 Å². The molecule has 0 atom stereocenters. The summed E-state index contributed by atoms with van der Waals surface area (Å²) < 4.78 is 65.7. The summed E-state index contributed by atoms with van der Waals surface area (Å²) in [5, 5.41) is -0.172. The number of aromatic nitrogens is 1. The molecule has 29 heavy (non-hydrogen) atoms. The summed E-state index contributed by atoms with van der Waals surface area (Å²) in [4.78, 5) is 6.12. The Hall–Kier alpha value is -1.62. The van der Waals surface area contributed by atoms with E-state index in [0.29, 0.717) is 29.7 Å². The first-order valence-electron chi connectivity index (χ1n) is 8.63. The van der Waals surface area contributed by atoms with Gasteiger partial charge in [0.1, 0.15) is 4.21 Å². The van der Waals surface area contributed by atoms with E-state index in [1.807, 2.05) is 0 Å². The molecule has 2 aromatic rings. The zero-order valence-electron chi connectivity index (χ0n) is 16.3. The quantitative estimate of drug-likeness (QED) is 0.587. The fourth-order valence-electron chi connectivity index (χ4n) is 2.59. The molecule has 0 fully saturated rings. The number of pyridine rings is 1. The third kappa shape index (κ3) is 5.30. The average Bonchev–Trinajstić information content (AvgIpc) is 3.10. The lowest BCUT2D eigenvalue weighted by molar-refractivity contribution is -0.137. The summed E-state index contributed by atoms with van der Waals surface area (Å²) in [7, 11) is -0.181. The van der Waals surface area contributed by atoms with Gasteiger partial charge in [-0.25, -0.2) is 8.42 Å². The van der Waals surface area contributed by atoms with Gasteiger partial charge in [0.2, 0.25) is 0 Å². The second-order valence-electron chi connectivity index (χ2n) is 6.27. The van der Waals surface area contributed by atoms with Crippen LogP contribution in [0.2, 0.25) is 5.02 Å². The molecule has 11 heteroatoms. The largest absolute Gasteiger partial charge is 0.417 e. The molecule has 0 aliphatic heterocycles. The first-order valence-corrected chi connectivity index (χ1v) is 11.3. The van der Waals surface area contributed by atoms with Gasteiger partial charge in [-0.15, -0.1) is 11.3 Å². The number of nitrogens with zero attached hydrogens (tertiary/aromatic N) is 3. The zero-order chi connectivity index (χ0) is 22.0. The van der Waals surface area contributed by atoms with Gasteiger partial charge in [-0.3, -0.25) is 4.98 Å². The van der Waals surface area contributed by atoms with Crippen molar-refractivity contribution in [3.63, 3.8) is 0 Å².